The third-order valence-electron chi connectivity index (χ3n) is 6.40. The second-order valence-corrected chi connectivity index (χ2v) is 10.7. The first-order valence-corrected chi connectivity index (χ1v) is 14.4. The average molecular weight is 449 g/mol. The number of quaternary nitrogens is 1. The first kappa shape index (κ1) is 29.8. The van der Waals surface area contributed by atoms with E-state index in [1.54, 1.807) is 0 Å². The summed E-state index contributed by atoms with van der Waals surface area (Å²) >= 11 is 0. The fourth-order valence-electron chi connectivity index (χ4n) is 4.09. The Morgan fingerprint density at radius 2 is 1.30 bits per heavy atom. The molecule has 2 atom stereocenters. The molecule has 0 aromatic heterocycles. The molecule has 0 aromatic carbocycles. The van der Waals surface area contributed by atoms with Crippen LogP contribution in [0.5, 0.6) is 0 Å². The molecule has 0 radical (unpaired) electrons. The maximum absolute atomic E-state index is 13.7. The Labute approximate surface area is 187 Å². The van der Waals surface area contributed by atoms with Gasteiger partial charge in [0.2, 0.25) is 0 Å². The Kier molecular flexibility index (Phi) is 17.2. The van der Waals surface area contributed by atoms with Gasteiger partial charge < -0.3 is 9.42 Å². The van der Waals surface area contributed by atoms with Crippen molar-refractivity contribution in [2.75, 3.05) is 26.2 Å². The monoisotopic (exact) mass is 448 g/mol. The third-order valence-corrected chi connectivity index (χ3v) is 8.22. The van der Waals surface area contributed by atoms with Crippen LogP contribution in [0.15, 0.2) is 0 Å². The number of rotatable bonds is 20. The molecule has 1 N–H and O–H groups in total. The largest absolute Gasteiger partial charge is 0.344 e. The van der Waals surface area contributed by atoms with Crippen LogP contribution in [0.2, 0.25) is 0 Å². The first-order valence-electron chi connectivity index (χ1n) is 12.7. The van der Waals surface area contributed by atoms with Crippen LogP contribution in [0.4, 0.5) is 0 Å². The highest BCUT2D eigenvalue weighted by Gasteiger charge is 2.48. The van der Waals surface area contributed by atoms with Crippen LogP contribution in [-0.4, -0.2) is 47.2 Å². The quantitative estimate of drug-likeness (QED) is 0.123. The second-order valence-electron chi connectivity index (χ2n) is 8.72. The summed E-state index contributed by atoms with van der Waals surface area (Å²) in [6.07, 6.45) is 13.1. The molecule has 0 saturated carbocycles. The van der Waals surface area contributed by atoms with Gasteiger partial charge in [-0.05, 0) is 39.5 Å². The van der Waals surface area contributed by atoms with Gasteiger partial charge in [0.05, 0.1) is 26.2 Å². The molecule has 0 heterocycles. The topological polar surface area (TPSA) is 63.6 Å². The second kappa shape index (κ2) is 17.3. The van der Waals surface area contributed by atoms with E-state index in [1.165, 1.54) is 25.7 Å². The van der Waals surface area contributed by atoms with Gasteiger partial charge in [-0.2, -0.15) is 0 Å². The van der Waals surface area contributed by atoms with Crippen molar-refractivity contribution in [2.45, 2.75) is 124 Å². The Hall–Kier alpha value is -0.220. The van der Waals surface area contributed by atoms with Gasteiger partial charge in [0.1, 0.15) is 0 Å². The van der Waals surface area contributed by atoms with E-state index in [1.807, 2.05) is 20.8 Å². The van der Waals surface area contributed by atoms with Crippen LogP contribution >= 0.6 is 7.60 Å². The van der Waals surface area contributed by atoms with Crippen molar-refractivity contribution in [1.82, 2.24) is 0 Å². The molecule has 30 heavy (non-hydrogen) atoms. The predicted octanol–water partition coefficient (Wildman–Crippen LogP) is 7.07. The van der Waals surface area contributed by atoms with Crippen LogP contribution in [-0.2, 0) is 13.9 Å². The number of carbonyl (C=O) groups excluding carboxylic acids is 1. The maximum Gasteiger partial charge on any atom is 0.344 e. The number of carbonyl (C=O) groups is 1. The van der Waals surface area contributed by atoms with Gasteiger partial charge in [0.15, 0.2) is 5.66 Å². The minimum atomic E-state index is -3.98. The molecule has 180 valence electrons. The van der Waals surface area contributed by atoms with E-state index in [2.05, 4.69) is 13.8 Å². The third kappa shape index (κ3) is 10.9. The molecule has 6 heteroatoms. The summed E-state index contributed by atoms with van der Waals surface area (Å²) in [5, 5.41) is 0. The summed E-state index contributed by atoms with van der Waals surface area (Å²) in [6.45, 7) is 12.8. The smallest absolute Gasteiger partial charge is 0.324 e. The van der Waals surface area contributed by atoms with E-state index in [4.69, 9.17) is 4.52 Å². The van der Waals surface area contributed by atoms with Crippen molar-refractivity contribution >= 4 is 13.5 Å². The van der Waals surface area contributed by atoms with Crippen LogP contribution in [0.25, 0.3) is 0 Å². The van der Waals surface area contributed by atoms with E-state index >= 15 is 0 Å². The summed E-state index contributed by atoms with van der Waals surface area (Å²) in [7, 11) is -3.98. The normalized spacial score (nSPS) is 15.1. The Bertz CT molecular complexity index is 480. The molecule has 0 aliphatic heterocycles. The number of amides is 1. The zero-order valence-corrected chi connectivity index (χ0v) is 21.6. The maximum atomic E-state index is 13.7. The molecule has 0 rings (SSSR count). The first-order chi connectivity index (χ1) is 14.3. The molecule has 0 saturated heterocycles. The number of unbranched alkanes of at least 4 members (excludes halogenated alkanes) is 9. The molecule has 0 spiro atoms. The van der Waals surface area contributed by atoms with Crippen molar-refractivity contribution in [1.29, 1.82) is 0 Å². The summed E-state index contributed by atoms with van der Waals surface area (Å²) < 4.78 is 18.9. The number of hydrogen-bond donors (Lipinski definition) is 1. The molecule has 0 bridgehead atoms. The van der Waals surface area contributed by atoms with Gasteiger partial charge in [-0.3, -0.25) is 9.05 Å². The van der Waals surface area contributed by atoms with Crippen LogP contribution < -0.4 is 0 Å². The van der Waals surface area contributed by atoms with E-state index < -0.39 is 13.3 Å². The minimum absolute atomic E-state index is 0.0765. The standard InChI is InChI=1S/C24H50NO4P/c1-6-11-14-16-17-18-20-23(30(27,28)29-22-13-8-3)24(26)25(9-4,10-5)21-19-15-12-7-2/h23H,6-22H2,1-5H3/p+1. The zero-order valence-electron chi connectivity index (χ0n) is 20.7. The fourth-order valence-corrected chi connectivity index (χ4v) is 5.70. The SMILES string of the molecule is CCCCCCCCC(C(=O)[N+](CC)(CC)CCCCCC)P(=O)(O)OCCCC. The van der Waals surface area contributed by atoms with Crippen molar-refractivity contribution < 1.29 is 23.3 Å². The lowest BCUT2D eigenvalue weighted by Crippen LogP contribution is -2.57. The number of nitrogens with zero attached hydrogens (tertiary/aromatic N) is 1. The van der Waals surface area contributed by atoms with Crippen LogP contribution in [0, 0.1) is 0 Å². The molecule has 1 amide bonds. The van der Waals surface area contributed by atoms with Crippen LogP contribution in [0.3, 0.4) is 0 Å². The van der Waals surface area contributed by atoms with Gasteiger partial charge >= 0.3 is 13.5 Å². The highest BCUT2D eigenvalue weighted by Crippen LogP contribution is 2.51. The average Bonchev–Trinajstić information content (AvgIpc) is 2.73. The lowest BCUT2D eigenvalue weighted by molar-refractivity contribution is -0.851. The Morgan fingerprint density at radius 3 is 1.83 bits per heavy atom. The van der Waals surface area contributed by atoms with Gasteiger partial charge in [-0.25, -0.2) is 4.79 Å². The van der Waals surface area contributed by atoms with E-state index in [0.29, 0.717) is 24.0 Å². The van der Waals surface area contributed by atoms with E-state index in [-0.39, 0.29) is 12.5 Å². The molecule has 0 aromatic rings. The van der Waals surface area contributed by atoms with Crippen LogP contribution in [0.1, 0.15) is 118 Å². The molecular weight excluding hydrogens is 397 g/mol. The fraction of sp³-hybridized carbons (Fsp3) is 0.958. The molecule has 0 aliphatic carbocycles. The zero-order chi connectivity index (χ0) is 22.9. The predicted molar refractivity (Wildman–Crippen MR) is 128 cm³/mol. The highest BCUT2D eigenvalue weighted by molar-refractivity contribution is 7.54. The Morgan fingerprint density at radius 1 is 0.800 bits per heavy atom. The van der Waals surface area contributed by atoms with Gasteiger partial charge in [0, 0.05) is 0 Å². The van der Waals surface area contributed by atoms with Gasteiger partial charge in [0.25, 0.3) is 0 Å². The summed E-state index contributed by atoms with van der Waals surface area (Å²) in [5.74, 6) is -0.0765. The number of hydrogen-bond acceptors (Lipinski definition) is 3. The summed E-state index contributed by atoms with van der Waals surface area (Å²) in [4.78, 5) is 24.5. The molecule has 0 aliphatic rings. The van der Waals surface area contributed by atoms with E-state index in [0.717, 1.165) is 57.9 Å². The van der Waals surface area contributed by atoms with Crippen molar-refractivity contribution in [3.05, 3.63) is 0 Å². The Balaban J connectivity index is 5.33. The minimum Gasteiger partial charge on any atom is -0.324 e. The van der Waals surface area contributed by atoms with Crippen molar-refractivity contribution in [3.63, 3.8) is 0 Å². The van der Waals surface area contributed by atoms with Crippen molar-refractivity contribution in [2.24, 2.45) is 0 Å². The van der Waals surface area contributed by atoms with Gasteiger partial charge in [-0.15, -0.1) is 0 Å². The van der Waals surface area contributed by atoms with Crippen molar-refractivity contribution in [3.8, 4) is 0 Å². The van der Waals surface area contributed by atoms with Gasteiger partial charge in [-0.1, -0.05) is 78.6 Å². The summed E-state index contributed by atoms with van der Waals surface area (Å²) in [5.41, 5.74) is -0.897. The lowest BCUT2D eigenvalue weighted by atomic mass is 10.1. The molecular formula is C24H51NO4P+. The van der Waals surface area contributed by atoms with E-state index in [9.17, 15) is 14.3 Å². The summed E-state index contributed by atoms with van der Waals surface area (Å²) in [6, 6.07) is 0. The molecule has 5 nitrogen and oxygen atoms in total. The molecule has 2 unspecified atom stereocenters. The lowest BCUT2D eigenvalue weighted by Gasteiger charge is -2.37. The highest BCUT2D eigenvalue weighted by atomic mass is 31.2. The molecule has 0 fully saturated rings.